The van der Waals surface area contributed by atoms with Crippen molar-refractivity contribution >= 4 is 0 Å². The van der Waals surface area contributed by atoms with Crippen LogP contribution in [-0.4, -0.2) is 50.8 Å². The lowest BCUT2D eigenvalue weighted by Crippen LogP contribution is -2.08. The SMILES string of the molecule is CCCn1cncc1-c1nc(C)c(C(C)C)c(C)n1.Cc1nc(-c2cncn2CCO)nc(C)c1C(C)C. The molecule has 38 heavy (non-hydrogen) atoms. The van der Waals surface area contributed by atoms with E-state index in [-0.39, 0.29) is 6.61 Å². The third-order valence-corrected chi connectivity index (χ3v) is 6.50. The van der Waals surface area contributed by atoms with Crippen LogP contribution in [0.5, 0.6) is 0 Å². The molecule has 0 aromatic carbocycles. The van der Waals surface area contributed by atoms with Crippen LogP contribution in [-0.2, 0) is 13.1 Å². The molecule has 0 fully saturated rings. The first-order chi connectivity index (χ1) is 18.1. The maximum absolute atomic E-state index is 9.05. The Kier molecular flexibility index (Phi) is 9.85. The fourth-order valence-corrected chi connectivity index (χ4v) is 5.07. The first kappa shape index (κ1) is 29.1. The van der Waals surface area contributed by atoms with Gasteiger partial charge in [0.25, 0.3) is 0 Å². The van der Waals surface area contributed by atoms with Crippen molar-refractivity contribution in [1.29, 1.82) is 0 Å². The van der Waals surface area contributed by atoms with Gasteiger partial charge in [-0.25, -0.2) is 29.9 Å². The average Bonchev–Trinajstić information content (AvgIpc) is 3.48. The van der Waals surface area contributed by atoms with Crippen molar-refractivity contribution < 1.29 is 5.11 Å². The van der Waals surface area contributed by atoms with Crippen LogP contribution in [0.15, 0.2) is 25.0 Å². The Morgan fingerprint density at radius 2 is 1.03 bits per heavy atom. The number of rotatable bonds is 8. The molecule has 0 bridgehead atoms. The van der Waals surface area contributed by atoms with Gasteiger partial charge in [0.05, 0.1) is 31.7 Å². The third kappa shape index (κ3) is 6.51. The molecule has 0 aliphatic heterocycles. The van der Waals surface area contributed by atoms with Crippen molar-refractivity contribution in [2.75, 3.05) is 6.61 Å². The van der Waals surface area contributed by atoms with Crippen LogP contribution in [0.1, 0.15) is 86.8 Å². The minimum absolute atomic E-state index is 0.0748. The zero-order valence-electron chi connectivity index (χ0n) is 24.3. The molecule has 0 saturated carbocycles. The molecule has 0 atom stereocenters. The molecule has 0 radical (unpaired) electrons. The van der Waals surface area contributed by atoms with E-state index >= 15 is 0 Å². The number of aliphatic hydroxyl groups excluding tert-OH is 1. The molecule has 4 aromatic heterocycles. The fraction of sp³-hybridized carbons (Fsp3) is 0.517. The molecule has 4 heterocycles. The van der Waals surface area contributed by atoms with Gasteiger partial charge in [0, 0.05) is 35.9 Å². The van der Waals surface area contributed by atoms with Gasteiger partial charge in [-0.2, -0.15) is 0 Å². The second-order valence-electron chi connectivity index (χ2n) is 10.2. The van der Waals surface area contributed by atoms with Gasteiger partial charge >= 0.3 is 0 Å². The number of aliphatic hydroxyl groups is 1. The highest BCUT2D eigenvalue weighted by molar-refractivity contribution is 5.51. The molecule has 0 saturated heterocycles. The highest BCUT2D eigenvalue weighted by atomic mass is 16.3. The van der Waals surface area contributed by atoms with E-state index in [1.54, 1.807) is 12.5 Å². The van der Waals surface area contributed by atoms with Crippen LogP contribution in [0.2, 0.25) is 0 Å². The average molecular weight is 519 g/mol. The summed E-state index contributed by atoms with van der Waals surface area (Å²) in [5.74, 6) is 2.32. The van der Waals surface area contributed by atoms with E-state index in [1.165, 1.54) is 11.1 Å². The smallest absolute Gasteiger partial charge is 0.178 e. The first-order valence-corrected chi connectivity index (χ1v) is 13.4. The van der Waals surface area contributed by atoms with Gasteiger partial charge < -0.3 is 14.2 Å². The summed E-state index contributed by atoms with van der Waals surface area (Å²) in [4.78, 5) is 26.8. The molecule has 204 valence electrons. The molecule has 4 rings (SSSR count). The number of aryl methyl sites for hydroxylation is 5. The Hall–Kier alpha value is -3.46. The second-order valence-corrected chi connectivity index (χ2v) is 10.2. The highest BCUT2D eigenvalue weighted by Gasteiger charge is 2.16. The standard InChI is InChI=1S/C15H22N4.C14H20N4O/c1-6-7-19-9-16-8-13(19)15-17-11(4)14(10(2)3)12(5)18-15;1-9(2)13-10(3)16-14(17-11(13)4)12-7-15-8-18(12)5-6-19/h8-10H,6-7H2,1-5H3;7-9,19H,5-6H2,1-4H3. The summed E-state index contributed by atoms with van der Waals surface area (Å²) >= 11 is 0. The van der Waals surface area contributed by atoms with Gasteiger partial charge in [-0.15, -0.1) is 0 Å². The highest BCUT2D eigenvalue weighted by Crippen LogP contribution is 2.25. The maximum Gasteiger partial charge on any atom is 0.178 e. The van der Waals surface area contributed by atoms with E-state index in [2.05, 4.69) is 82.9 Å². The van der Waals surface area contributed by atoms with E-state index in [1.807, 2.05) is 30.9 Å². The summed E-state index contributed by atoms with van der Waals surface area (Å²) < 4.78 is 3.98. The lowest BCUT2D eigenvalue weighted by Gasteiger charge is -2.14. The molecule has 9 nitrogen and oxygen atoms in total. The Morgan fingerprint density at radius 3 is 1.34 bits per heavy atom. The largest absolute Gasteiger partial charge is 0.395 e. The number of nitrogens with zero attached hydrogens (tertiary/aromatic N) is 8. The Labute approximate surface area is 226 Å². The number of hydrogen-bond donors (Lipinski definition) is 1. The van der Waals surface area contributed by atoms with Gasteiger partial charge in [0.1, 0.15) is 11.4 Å². The molecule has 0 aliphatic rings. The molecular formula is C29H42N8O. The van der Waals surface area contributed by atoms with Crippen molar-refractivity contribution in [1.82, 2.24) is 39.0 Å². The minimum atomic E-state index is 0.0748. The van der Waals surface area contributed by atoms with E-state index in [0.717, 1.165) is 53.0 Å². The van der Waals surface area contributed by atoms with E-state index in [9.17, 15) is 0 Å². The summed E-state index contributed by atoms with van der Waals surface area (Å²) in [6.07, 6.45) is 8.20. The van der Waals surface area contributed by atoms with Crippen molar-refractivity contribution in [3.8, 4) is 23.0 Å². The van der Waals surface area contributed by atoms with E-state index in [0.29, 0.717) is 24.2 Å². The van der Waals surface area contributed by atoms with Gasteiger partial charge in [0.2, 0.25) is 0 Å². The van der Waals surface area contributed by atoms with Crippen LogP contribution < -0.4 is 0 Å². The summed E-state index contributed by atoms with van der Waals surface area (Å²) in [5.41, 5.74) is 8.47. The van der Waals surface area contributed by atoms with Crippen LogP contribution in [0.4, 0.5) is 0 Å². The lowest BCUT2D eigenvalue weighted by molar-refractivity contribution is 0.276. The van der Waals surface area contributed by atoms with Gasteiger partial charge in [-0.3, -0.25) is 0 Å². The predicted molar refractivity (Wildman–Crippen MR) is 151 cm³/mol. The number of hydrogen-bond acceptors (Lipinski definition) is 7. The molecule has 0 amide bonds. The lowest BCUT2D eigenvalue weighted by atomic mass is 10.00. The van der Waals surface area contributed by atoms with Crippen molar-refractivity contribution in [2.45, 2.75) is 93.7 Å². The van der Waals surface area contributed by atoms with Gasteiger partial charge in [0.15, 0.2) is 11.6 Å². The molecule has 0 aliphatic carbocycles. The molecule has 0 spiro atoms. The monoisotopic (exact) mass is 518 g/mol. The number of aromatic nitrogens is 8. The Bertz CT molecular complexity index is 1200. The normalized spacial score (nSPS) is 11.3. The summed E-state index contributed by atoms with van der Waals surface area (Å²) in [6.45, 7) is 20.5. The topological polar surface area (TPSA) is 107 Å². The minimum Gasteiger partial charge on any atom is -0.395 e. The van der Waals surface area contributed by atoms with Gasteiger partial charge in [-0.05, 0) is 57.1 Å². The van der Waals surface area contributed by atoms with Crippen LogP contribution in [0, 0.1) is 27.7 Å². The third-order valence-electron chi connectivity index (χ3n) is 6.50. The zero-order valence-corrected chi connectivity index (χ0v) is 24.3. The van der Waals surface area contributed by atoms with Crippen molar-refractivity contribution in [3.05, 3.63) is 59.0 Å². The van der Waals surface area contributed by atoms with Crippen molar-refractivity contribution in [3.63, 3.8) is 0 Å². The maximum atomic E-state index is 9.05. The Balaban J connectivity index is 0.000000211. The fourth-order valence-electron chi connectivity index (χ4n) is 5.07. The Morgan fingerprint density at radius 1 is 0.658 bits per heavy atom. The quantitative estimate of drug-likeness (QED) is 0.325. The van der Waals surface area contributed by atoms with Crippen LogP contribution in [0.3, 0.4) is 0 Å². The van der Waals surface area contributed by atoms with Crippen LogP contribution in [0.25, 0.3) is 23.0 Å². The number of imidazole rings is 2. The van der Waals surface area contributed by atoms with Gasteiger partial charge in [-0.1, -0.05) is 34.6 Å². The predicted octanol–water partition coefficient (Wildman–Crippen LogP) is 5.56. The first-order valence-electron chi connectivity index (χ1n) is 13.4. The van der Waals surface area contributed by atoms with E-state index < -0.39 is 0 Å². The molecule has 9 heteroatoms. The summed E-state index contributed by atoms with van der Waals surface area (Å²) in [5, 5.41) is 9.05. The zero-order chi connectivity index (χ0) is 28.0. The molecule has 4 aromatic rings. The molecule has 1 N–H and O–H groups in total. The molecule has 0 unspecified atom stereocenters. The molecular weight excluding hydrogens is 476 g/mol. The van der Waals surface area contributed by atoms with E-state index in [4.69, 9.17) is 5.11 Å². The van der Waals surface area contributed by atoms with Crippen LogP contribution >= 0.6 is 0 Å². The van der Waals surface area contributed by atoms with Crippen molar-refractivity contribution in [2.24, 2.45) is 0 Å². The second kappa shape index (κ2) is 12.9. The summed E-state index contributed by atoms with van der Waals surface area (Å²) in [6, 6.07) is 0. The summed E-state index contributed by atoms with van der Waals surface area (Å²) in [7, 11) is 0.